The normalized spacial score (nSPS) is 20.9. The molecule has 0 bridgehead atoms. The van der Waals surface area contributed by atoms with Crippen LogP contribution in [0.5, 0.6) is 0 Å². The third kappa shape index (κ3) is 3.44. The van der Waals surface area contributed by atoms with E-state index in [1.54, 1.807) is 13.8 Å². The van der Waals surface area contributed by atoms with Crippen LogP contribution in [0.1, 0.15) is 25.8 Å². The molecule has 2 rings (SSSR count). The van der Waals surface area contributed by atoms with E-state index in [0.29, 0.717) is 19.4 Å². The first kappa shape index (κ1) is 16.0. The molecule has 6 nitrogen and oxygen atoms in total. The molecule has 0 aromatic heterocycles. The van der Waals surface area contributed by atoms with Gasteiger partial charge in [0.1, 0.15) is 12.1 Å². The molecule has 0 unspecified atom stereocenters. The molecule has 4 amide bonds. The summed E-state index contributed by atoms with van der Waals surface area (Å²) in [6, 6.07) is 9.27. The van der Waals surface area contributed by atoms with Crippen LogP contribution in [0.3, 0.4) is 0 Å². The summed E-state index contributed by atoms with van der Waals surface area (Å²) in [7, 11) is 0. The largest absolute Gasteiger partial charge is 0.355 e. The van der Waals surface area contributed by atoms with E-state index in [1.807, 2.05) is 30.3 Å². The molecular weight excluding hydrogens is 282 g/mol. The van der Waals surface area contributed by atoms with Gasteiger partial charge in [-0.15, -0.1) is 0 Å². The molecule has 1 aliphatic rings. The van der Waals surface area contributed by atoms with E-state index in [1.165, 1.54) is 0 Å². The molecule has 0 radical (unpaired) electrons. The average molecular weight is 303 g/mol. The van der Waals surface area contributed by atoms with Crippen LogP contribution in [0.4, 0.5) is 4.79 Å². The minimum atomic E-state index is -0.959. The summed E-state index contributed by atoms with van der Waals surface area (Å²) in [6.45, 7) is 3.72. The number of nitrogens with zero attached hydrogens (tertiary/aromatic N) is 1. The average Bonchev–Trinajstić information content (AvgIpc) is 2.71. The van der Waals surface area contributed by atoms with Gasteiger partial charge in [0, 0.05) is 6.54 Å². The van der Waals surface area contributed by atoms with E-state index in [-0.39, 0.29) is 18.4 Å². The Hall–Kier alpha value is -2.37. The van der Waals surface area contributed by atoms with Crippen LogP contribution in [-0.2, 0) is 16.0 Å². The van der Waals surface area contributed by atoms with Crippen molar-refractivity contribution in [1.82, 2.24) is 15.5 Å². The Bertz CT molecular complexity index is 573. The van der Waals surface area contributed by atoms with Crippen molar-refractivity contribution in [2.75, 3.05) is 13.1 Å². The van der Waals surface area contributed by atoms with Crippen molar-refractivity contribution in [1.29, 1.82) is 0 Å². The number of imide groups is 1. The Kier molecular flexibility index (Phi) is 4.80. The summed E-state index contributed by atoms with van der Waals surface area (Å²) in [5, 5.41) is 5.29. The number of nitrogens with one attached hydrogen (secondary N) is 2. The Morgan fingerprint density at radius 1 is 1.27 bits per heavy atom. The van der Waals surface area contributed by atoms with Crippen LogP contribution in [0.2, 0.25) is 0 Å². The molecule has 1 atom stereocenters. The highest BCUT2D eigenvalue weighted by atomic mass is 16.2. The second-order valence-electron chi connectivity index (χ2n) is 5.59. The maximum absolute atomic E-state index is 12.5. The third-order valence-electron chi connectivity index (χ3n) is 3.78. The fraction of sp³-hybridized carbons (Fsp3) is 0.438. The van der Waals surface area contributed by atoms with Gasteiger partial charge in [0.25, 0.3) is 5.91 Å². The number of likely N-dealkylation sites (N-methyl/N-ethyl adjacent to an activating group) is 1. The van der Waals surface area contributed by atoms with E-state index in [4.69, 9.17) is 0 Å². The van der Waals surface area contributed by atoms with E-state index in [0.717, 1.165) is 10.5 Å². The standard InChI is InChI=1S/C16H21N3O3/c1-3-17-13(20)11-19-14(21)16(2,18-15(19)22)10-9-12-7-5-4-6-8-12/h4-8H,3,9-11H2,1-2H3,(H,17,20)(H,18,22)/t16-/m1/s1. The molecule has 2 N–H and O–H groups in total. The zero-order valence-corrected chi connectivity index (χ0v) is 12.9. The lowest BCUT2D eigenvalue weighted by atomic mass is 9.93. The molecule has 1 heterocycles. The van der Waals surface area contributed by atoms with Gasteiger partial charge in [-0.25, -0.2) is 4.79 Å². The number of benzene rings is 1. The predicted octanol–water partition coefficient (Wildman–Crippen LogP) is 1.07. The maximum atomic E-state index is 12.5. The Balaban J connectivity index is 2.01. The van der Waals surface area contributed by atoms with Gasteiger partial charge < -0.3 is 10.6 Å². The topological polar surface area (TPSA) is 78.5 Å². The van der Waals surface area contributed by atoms with Crippen molar-refractivity contribution < 1.29 is 14.4 Å². The Morgan fingerprint density at radius 3 is 2.59 bits per heavy atom. The number of amides is 4. The van der Waals surface area contributed by atoms with Crippen LogP contribution in [0.25, 0.3) is 0 Å². The van der Waals surface area contributed by atoms with Crippen LogP contribution in [0, 0.1) is 0 Å². The van der Waals surface area contributed by atoms with Gasteiger partial charge in [0.05, 0.1) is 0 Å². The number of carbonyl (C=O) groups is 3. The monoisotopic (exact) mass is 303 g/mol. The summed E-state index contributed by atoms with van der Waals surface area (Å²) in [6.07, 6.45) is 1.17. The zero-order valence-electron chi connectivity index (χ0n) is 12.9. The zero-order chi connectivity index (χ0) is 16.2. The van der Waals surface area contributed by atoms with E-state index in [2.05, 4.69) is 10.6 Å². The fourth-order valence-corrected chi connectivity index (χ4v) is 2.50. The van der Waals surface area contributed by atoms with Gasteiger partial charge in [-0.05, 0) is 32.3 Å². The first-order valence-electron chi connectivity index (χ1n) is 7.41. The van der Waals surface area contributed by atoms with Gasteiger partial charge >= 0.3 is 6.03 Å². The lowest BCUT2D eigenvalue weighted by molar-refractivity contribution is -0.134. The summed E-state index contributed by atoms with van der Waals surface area (Å²) in [4.78, 5) is 37.0. The first-order valence-corrected chi connectivity index (χ1v) is 7.41. The smallest absolute Gasteiger partial charge is 0.325 e. The lowest BCUT2D eigenvalue weighted by Gasteiger charge is -2.21. The molecule has 1 aromatic rings. The number of carbonyl (C=O) groups excluding carboxylic acids is 3. The number of aryl methyl sites for hydroxylation is 1. The molecule has 22 heavy (non-hydrogen) atoms. The maximum Gasteiger partial charge on any atom is 0.325 e. The second kappa shape index (κ2) is 6.60. The molecule has 6 heteroatoms. The number of rotatable bonds is 6. The fourth-order valence-electron chi connectivity index (χ4n) is 2.50. The second-order valence-corrected chi connectivity index (χ2v) is 5.59. The molecule has 0 aliphatic carbocycles. The molecule has 0 spiro atoms. The Morgan fingerprint density at radius 2 is 1.95 bits per heavy atom. The number of hydrogen-bond donors (Lipinski definition) is 2. The highest BCUT2D eigenvalue weighted by molar-refractivity contribution is 6.08. The minimum Gasteiger partial charge on any atom is -0.355 e. The molecule has 1 fully saturated rings. The van der Waals surface area contributed by atoms with Gasteiger partial charge in [0.2, 0.25) is 5.91 Å². The summed E-state index contributed by atoms with van der Waals surface area (Å²) in [5.74, 6) is -0.682. The van der Waals surface area contributed by atoms with Gasteiger partial charge in [-0.2, -0.15) is 0 Å². The lowest BCUT2D eigenvalue weighted by Crippen LogP contribution is -2.45. The van der Waals surface area contributed by atoms with Crippen LogP contribution in [0.15, 0.2) is 30.3 Å². The van der Waals surface area contributed by atoms with Crippen LogP contribution < -0.4 is 10.6 Å². The highest BCUT2D eigenvalue weighted by Crippen LogP contribution is 2.23. The highest BCUT2D eigenvalue weighted by Gasteiger charge is 2.47. The van der Waals surface area contributed by atoms with Crippen molar-refractivity contribution >= 4 is 17.8 Å². The molecular formula is C16H21N3O3. The van der Waals surface area contributed by atoms with E-state index >= 15 is 0 Å². The molecule has 1 aromatic carbocycles. The quantitative estimate of drug-likeness (QED) is 0.772. The summed E-state index contributed by atoms with van der Waals surface area (Å²) in [5.41, 5.74) is 0.146. The predicted molar refractivity (Wildman–Crippen MR) is 82.1 cm³/mol. The van der Waals surface area contributed by atoms with Gasteiger partial charge in [-0.1, -0.05) is 30.3 Å². The molecule has 1 aliphatic heterocycles. The van der Waals surface area contributed by atoms with E-state index in [9.17, 15) is 14.4 Å². The number of urea groups is 1. The van der Waals surface area contributed by atoms with Gasteiger partial charge in [-0.3, -0.25) is 14.5 Å². The van der Waals surface area contributed by atoms with Crippen molar-refractivity contribution in [3.63, 3.8) is 0 Å². The van der Waals surface area contributed by atoms with Crippen molar-refractivity contribution in [2.24, 2.45) is 0 Å². The van der Waals surface area contributed by atoms with Crippen molar-refractivity contribution in [3.05, 3.63) is 35.9 Å². The number of hydrogen-bond acceptors (Lipinski definition) is 3. The SMILES string of the molecule is CCNC(=O)CN1C(=O)N[C@](C)(CCc2ccccc2)C1=O. The Labute approximate surface area is 129 Å². The molecule has 1 saturated heterocycles. The summed E-state index contributed by atoms with van der Waals surface area (Å²) < 4.78 is 0. The van der Waals surface area contributed by atoms with Crippen LogP contribution >= 0.6 is 0 Å². The van der Waals surface area contributed by atoms with Gasteiger partial charge in [0.15, 0.2) is 0 Å². The van der Waals surface area contributed by atoms with Crippen molar-refractivity contribution in [3.8, 4) is 0 Å². The molecule has 0 saturated carbocycles. The molecule has 118 valence electrons. The van der Waals surface area contributed by atoms with Crippen LogP contribution in [-0.4, -0.2) is 41.4 Å². The first-order chi connectivity index (χ1) is 10.5. The third-order valence-corrected chi connectivity index (χ3v) is 3.78. The van der Waals surface area contributed by atoms with Crippen molar-refractivity contribution in [2.45, 2.75) is 32.2 Å². The minimum absolute atomic E-state index is 0.237. The van der Waals surface area contributed by atoms with E-state index < -0.39 is 11.6 Å². The summed E-state index contributed by atoms with van der Waals surface area (Å²) >= 11 is 0.